The molecule has 88 valence electrons. The van der Waals surface area contributed by atoms with E-state index in [-0.39, 0.29) is 0 Å². The third-order valence-electron chi connectivity index (χ3n) is 2.41. The summed E-state index contributed by atoms with van der Waals surface area (Å²) in [6, 6.07) is 7.54. The number of aliphatic hydroxyl groups excluding tert-OH is 1. The van der Waals surface area contributed by atoms with Gasteiger partial charge >= 0.3 is 0 Å². The molecule has 16 heavy (non-hydrogen) atoms. The molecule has 1 aromatic carbocycles. The second kappa shape index (κ2) is 5.68. The van der Waals surface area contributed by atoms with Crippen molar-refractivity contribution in [2.75, 3.05) is 14.2 Å². The predicted octanol–water partition coefficient (Wildman–Crippen LogP) is 2.45. The van der Waals surface area contributed by atoms with E-state index < -0.39 is 6.29 Å². The molecule has 3 nitrogen and oxygen atoms in total. The van der Waals surface area contributed by atoms with Gasteiger partial charge in [0.05, 0.1) is 7.11 Å². The van der Waals surface area contributed by atoms with Crippen molar-refractivity contribution in [3.8, 4) is 5.75 Å². The van der Waals surface area contributed by atoms with E-state index in [4.69, 9.17) is 9.47 Å². The molecule has 0 aromatic heterocycles. The minimum Gasteiger partial charge on any atom is -0.497 e. The van der Waals surface area contributed by atoms with Gasteiger partial charge in [-0.15, -0.1) is 0 Å². The standard InChI is InChI=1S/C13H18O3/c1-9(2)12(13(14)16-4)10-5-7-11(15-3)8-6-10/h5-8,13-14H,1-4H3. The highest BCUT2D eigenvalue weighted by Crippen LogP contribution is 2.24. The highest BCUT2D eigenvalue weighted by Gasteiger charge is 2.13. The summed E-state index contributed by atoms with van der Waals surface area (Å²) in [5, 5.41) is 9.76. The van der Waals surface area contributed by atoms with Crippen LogP contribution in [0.2, 0.25) is 0 Å². The summed E-state index contributed by atoms with van der Waals surface area (Å²) in [5.41, 5.74) is 2.76. The van der Waals surface area contributed by atoms with Crippen molar-refractivity contribution >= 4 is 5.57 Å². The van der Waals surface area contributed by atoms with Crippen molar-refractivity contribution < 1.29 is 14.6 Å². The minimum atomic E-state index is -0.890. The van der Waals surface area contributed by atoms with Gasteiger partial charge in [0, 0.05) is 12.7 Å². The molecule has 1 atom stereocenters. The summed E-state index contributed by atoms with van der Waals surface area (Å²) in [6.07, 6.45) is -0.890. The van der Waals surface area contributed by atoms with Crippen molar-refractivity contribution in [2.24, 2.45) is 0 Å². The van der Waals surface area contributed by atoms with Gasteiger partial charge in [-0.25, -0.2) is 0 Å². The van der Waals surface area contributed by atoms with Crippen molar-refractivity contribution in [1.29, 1.82) is 0 Å². The van der Waals surface area contributed by atoms with Crippen LogP contribution < -0.4 is 4.74 Å². The van der Waals surface area contributed by atoms with Gasteiger partial charge in [0.25, 0.3) is 0 Å². The molecule has 1 aromatic rings. The van der Waals surface area contributed by atoms with Gasteiger partial charge in [-0.3, -0.25) is 0 Å². The van der Waals surface area contributed by atoms with Crippen LogP contribution in [0, 0.1) is 0 Å². The Morgan fingerprint density at radius 1 is 1.12 bits per heavy atom. The van der Waals surface area contributed by atoms with Gasteiger partial charge in [-0.1, -0.05) is 17.7 Å². The van der Waals surface area contributed by atoms with Crippen LogP contribution in [0.25, 0.3) is 5.57 Å². The minimum absolute atomic E-state index is 0.795. The molecule has 0 radical (unpaired) electrons. The molecular weight excluding hydrogens is 204 g/mol. The number of aliphatic hydroxyl groups is 1. The van der Waals surface area contributed by atoms with Crippen LogP contribution >= 0.6 is 0 Å². The van der Waals surface area contributed by atoms with Crippen LogP contribution in [-0.4, -0.2) is 25.6 Å². The molecule has 0 bridgehead atoms. The molecule has 1 unspecified atom stereocenters. The molecule has 0 spiro atoms. The van der Waals surface area contributed by atoms with E-state index in [9.17, 15) is 5.11 Å². The zero-order valence-corrected chi connectivity index (χ0v) is 10.2. The van der Waals surface area contributed by atoms with E-state index in [2.05, 4.69) is 0 Å². The molecule has 1 rings (SSSR count). The van der Waals surface area contributed by atoms with E-state index in [0.29, 0.717) is 0 Å². The molecule has 0 saturated heterocycles. The first-order chi connectivity index (χ1) is 7.60. The molecule has 0 aliphatic heterocycles. The Labute approximate surface area is 96.3 Å². The molecular formula is C13H18O3. The van der Waals surface area contributed by atoms with Crippen LogP contribution in [0.1, 0.15) is 19.4 Å². The van der Waals surface area contributed by atoms with E-state index >= 15 is 0 Å². The second-order valence-electron chi connectivity index (χ2n) is 3.73. The van der Waals surface area contributed by atoms with E-state index in [1.54, 1.807) is 7.11 Å². The van der Waals surface area contributed by atoms with Gasteiger partial charge in [-0.2, -0.15) is 0 Å². The van der Waals surface area contributed by atoms with Gasteiger partial charge in [-0.05, 0) is 31.5 Å². The Bertz CT molecular complexity index is 361. The third kappa shape index (κ3) is 2.84. The average molecular weight is 222 g/mol. The number of ether oxygens (including phenoxy) is 2. The summed E-state index contributed by atoms with van der Waals surface area (Å²) in [6.45, 7) is 3.89. The highest BCUT2D eigenvalue weighted by molar-refractivity contribution is 5.70. The normalized spacial score (nSPS) is 12.1. The van der Waals surface area contributed by atoms with Crippen LogP contribution in [0.15, 0.2) is 29.8 Å². The SMILES string of the molecule is COc1ccc(C(=C(C)C)C(O)OC)cc1. The van der Waals surface area contributed by atoms with Gasteiger partial charge in [0.2, 0.25) is 0 Å². The highest BCUT2D eigenvalue weighted by atomic mass is 16.6. The van der Waals surface area contributed by atoms with Gasteiger partial charge in [0.1, 0.15) is 5.75 Å². The Morgan fingerprint density at radius 2 is 1.69 bits per heavy atom. The maximum atomic E-state index is 9.76. The summed E-state index contributed by atoms with van der Waals surface area (Å²) in [7, 11) is 3.11. The lowest BCUT2D eigenvalue weighted by atomic mass is 10.0. The Balaban J connectivity index is 3.08. The maximum absolute atomic E-state index is 9.76. The zero-order valence-electron chi connectivity index (χ0n) is 10.2. The lowest BCUT2D eigenvalue weighted by molar-refractivity contribution is -0.0279. The topological polar surface area (TPSA) is 38.7 Å². The van der Waals surface area contributed by atoms with E-state index in [1.807, 2.05) is 38.1 Å². The number of methoxy groups -OCH3 is 2. The number of rotatable bonds is 4. The molecule has 0 fully saturated rings. The molecule has 0 aliphatic carbocycles. The summed E-state index contributed by atoms with van der Waals surface area (Å²) in [4.78, 5) is 0. The number of benzene rings is 1. The number of allylic oxidation sites excluding steroid dienone is 1. The number of hydrogen-bond acceptors (Lipinski definition) is 3. The van der Waals surface area contributed by atoms with Crippen molar-refractivity contribution in [1.82, 2.24) is 0 Å². The van der Waals surface area contributed by atoms with Crippen LogP contribution in [0.3, 0.4) is 0 Å². The lowest BCUT2D eigenvalue weighted by Crippen LogP contribution is -2.12. The smallest absolute Gasteiger partial charge is 0.181 e. The summed E-state index contributed by atoms with van der Waals surface area (Å²) < 4.78 is 10.0. The first-order valence-electron chi connectivity index (χ1n) is 5.12. The Kier molecular flexibility index (Phi) is 4.52. The number of hydrogen-bond donors (Lipinski definition) is 1. The van der Waals surface area contributed by atoms with E-state index in [0.717, 1.165) is 22.5 Å². The van der Waals surface area contributed by atoms with Crippen LogP contribution in [0.4, 0.5) is 0 Å². The molecule has 3 heteroatoms. The largest absolute Gasteiger partial charge is 0.497 e. The molecule has 0 amide bonds. The lowest BCUT2D eigenvalue weighted by Gasteiger charge is -2.16. The fraction of sp³-hybridized carbons (Fsp3) is 0.385. The molecule has 0 saturated carbocycles. The molecule has 0 heterocycles. The average Bonchev–Trinajstić information content (AvgIpc) is 2.29. The van der Waals surface area contributed by atoms with E-state index in [1.165, 1.54) is 7.11 Å². The quantitative estimate of drug-likeness (QED) is 0.795. The van der Waals surface area contributed by atoms with Crippen LogP contribution in [0.5, 0.6) is 5.75 Å². The maximum Gasteiger partial charge on any atom is 0.181 e. The predicted molar refractivity (Wildman–Crippen MR) is 64.3 cm³/mol. The molecule has 1 N–H and O–H groups in total. The fourth-order valence-corrected chi connectivity index (χ4v) is 1.57. The summed E-state index contributed by atoms with van der Waals surface area (Å²) in [5.74, 6) is 0.795. The Morgan fingerprint density at radius 3 is 2.06 bits per heavy atom. The first kappa shape index (κ1) is 12.7. The summed E-state index contributed by atoms with van der Waals surface area (Å²) >= 11 is 0. The van der Waals surface area contributed by atoms with Crippen molar-refractivity contribution in [3.05, 3.63) is 35.4 Å². The Hall–Kier alpha value is -1.32. The second-order valence-corrected chi connectivity index (χ2v) is 3.73. The van der Waals surface area contributed by atoms with Gasteiger partial charge in [0.15, 0.2) is 6.29 Å². The monoisotopic (exact) mass is 222 g/mol. The van der Waals surface area contributed by atoms with Crippen molar-refractivity contribution in [3.63, 3.8) is 0 Å². The van der Waals surface area contributed by atoms with Crippen molar-refractivity contribution in [2.45, 2.75) is 20.1 Å². The molecule has 0 aliphatic rings. The fourth-order valence-electron chi connectivity index (χ4n) is 1.57. The zero-order chi connectivity index (χ0) is 12.1. The van der Waals surface area contributed by atoms with Gasteiger partial charge < -0.3 is 14.6 Å². The third-order valence-corrected chi connectivity index (χ3v) is 2.41. The first-order valence-corrected chi connectivity index (χ1v) is 5.12. The van der Waals surface area contributed by atoms with Crippen LogP contribution in [-0.2, 0) is 4.74 Å².